The molecule has 0 aliphatic carbocycles. The Balaban J connectivity index is 2.63. The minimum atomic E-state index is 0.217. The van der Waals surface area contributed by atoms with E-state index in [0.717, 1.165) is 16.0 Å². The van der Waals surface area contributed by atoms with Gasteiger partial charge in [-0.25, -0.2) is 0 Å². The van der Waals surface area contributed by atoms with Gasteiger partial charge in [0.05, 0.1) is 10.7 Å². The Morgan fingerprint density at radius 1 is 1.24 bits per heavy atom. The van der Waals surface area contributed by atoms with Crippen molar-refractivity contribution in [3.8, 4) is 5.69 Å². The van der Waals surface area contributed by atoms with Crippen LogP contribution in [0, 0.1) is 0 Å². The van der Waals surface area contributed by atoms with Crippen molar-refractivity contribution in [2.75, 3.05) is 0 Å². The van der Waals surface area contributed by atoms with Gasteiger partial charge in [-0.05, 0) is 29.8 Å². The molecule has 0 aliphatic rings. The second-order valence-corrected chi connectivity index (χ2v) is 5.57. The highest BCUT2D eigenvalue weighted by molar-refractivity contribution is 9.10. The van der Waals surface area contributed by atoms with Crippen LogP contribution in [0.3, 0.4) is 0 Å². The molecular weight excluding hydrogens is 325 g/mol. The van der Waals surface area contributed by atoms with Crippen LogP contribution in [-0.2, 0) is 0 Å². The second-order valence-electron chi connectivity index (χ2n) is 3.91. The van der Waals surface area contributed by atoms with Gasteiger partial charge < -0.3 is 0 Å². The number of aromatic nitrogens is 3. The number of hydrogen-bond acceptors (Lipinski definition) is 2. The molecule has 2 rings (SSSR count). The largest absolute Gasteiger partial charge is 0.268 e. The number of halogens is 3. The molecule has 0 bridgehead atoms. The van der Waals surface area contributed by atoms with E-state index in [1.54, 1.807) is 4.57 Å². The number of rotatable bonds is 2. The van der Waals surface area contributed by atoms with Gasteiger partial charge in [0.2, 0.25) is 5.28 Å². The third kappa shape index (κ3) is 2.49. The molecule has 0 unspecified atom stereocenters. The maximum Gasteiger partial charge on any atom is 0.229 e. The smallest absolute Gasteiger partial charge is 0.229 e. The average molecular weight is 335 g/mol. The molecule has 0 radical (unpaired) electrons. The van der Waals surface area contributed by atoms with Crippen LogP contribution in [0.25, 0.3) is 5.69 Å². The minimum Gasteiger partial charge on any atom is -0.268 e. The normalized spacial score (nSPS) is 11.2. The third-order valence-corrected chi connectivity index (χ3v) is 3.36. The summed E-state index contributed by atoms with van der Waals surface area (Å²) < 4.78 is 2.68. The predicted molar refractivity (Wildman–Crippen MR) is 73.2 cm³/mol. The molecule has 0 N–H and O–H groups in total. The zero-order valence-corrected chi connectivity index (χ0v) is 12.4. The van der Waals surface area contributed by atoms with Crippen molar-refractivity contribution in [2.24, 2.45) is 0 Å². The van der Waals surface area contributed by atoms with Crippen molar-refractivity contribution in [3.63, 3.8) is 0 Å². The standard InChI is InChI=1S/C11H10BrCl2N3/c1-6(2)10-15-16-11(14)17(10)9-4-3-7(12)5-8(9)13/h3-6H,1-2H3. The summed E-state index contributed by atoms with van der Waals surface area (Å²) in [6.07, 6.45) is 0. The lowest BCUT2D eigenvalue weighted by molar-refractivity contribution is 0.745. The minimum absolute atomic E-state index is 0.217. The van der Waals surface area contributed by atoms with Crippen LogP contribution in [0.1, 0.15) is 25.6 Å². The zero-order chi connectivity index (χ0) is 12.6. The highest BCUT2D eigenvalue weighted by Crippen LogP contribution is 2.29. The van der Waals surface area contributed by atoms with Crippen molar-refractivity contribution in [3.05, 3.63) is 38.8 Å². The maximum atomic E-state index is 6.20. The molecule has 1 heterocycles. The summed E-state index contributed by atoms with van der Waals surface area (Å²) in [5, 5.41) is 8.87. The summed E-state index contributed by atoms with van der Waals surface area (Å²) in [6, 6.07) is 5.60. The summed E-state index contributed by atoms with van der Waals surface area (Å²) in [6.45, 7) is 4.06. The molecule has 0 fully saturated rings. The summed E-state index contributed by atoms with van der Waals surface area (Å²) in [5.41, 5.74) is 0.786. The lowest BCUT2D eigenvalue weighted by Gasteiger charge is -2.11. The van der Waals surface area contributed by atoms with Gasteiger partial charge in [-0.2, -0.15) is 0 Å². The molecule has 0 saturated carbocycles. The molecule has 2 aromatic rings. The zero-order valence-electron chi connectivity index (χ0n) is 9.28. The molecule has 17 heavy (non-hydrogen) atoms. The first-order valence-electron chi connectivity index (χ1n) is 5.07. The Bertz CT molecular complexity index is 552. The van der Waals surface area contributed by atoms with Crippen LogP contribution < -0.4 is 0 Å². The summed E-state index contributed by atoms with van der Waals surface area (Å²) >= 11 is 15.6. The van der Waals surface area contributed by atoms with E-state index in [2.05, 4.69) is 26.1 Å². The van der Waals surface area contributed by atoms with Crippen molar-refractivity contribution < 1.29 is 0 Å². The van der Waals surface area contributed by atoms with E-state index in [0.29, 0.717) is 10.3 Å². The van der Waals surface area contributed by atoms with Crippen molar-refractivity contribution in [1.29, 1.82) is 0 Å². The Morgan fingerprint density at radius 3 is 2.53 bits per heavy atom. The maximum absolute atomic E-state index is 6.20. The highest BCUT2D eigenvalue weighted by atomic mass is 79.9. The van der Waals surface area contributed by atoms with Crippen molar-refractivity contribution in [1.82, 2.24) is 14.8 Å². The van der Waals surface area contributed by atoms with E-state index < -0.39 is 0 Å². The summed E-state index contributed by atoms with van der Waals surface area (Å²) in [7, 11) is 0. The van der Waals surface area contributed by atoms with Gasteiger partial charge in [0.1, 0.15) is 5.82 Å². The molecule has 3 nitrogen and oxygen atoms in total. The lowest BCUT2D eigenvalue weighted by Crippen LogP contribution is -2.03. The van der Waals surface area contributed by atoms with E-state index in [1.165, 1.54) is 0 Å². The monoisotopic (exact) mass is 333 g/mol. The highest BCUT2D eigenvalue weighted by Gasteiger charge is 2.17. The molecule has 6 heteroatoms. The van der Waals surface area contributed by atoms with E-state index in [9.17, 15) is 0 Å². The van der Waals surface area contributed by atoms with Crippen molar-refractivity contribution in [2.45, 2.75) is 19.8 Å². The number of benzene rings is 1. The first-order chi connectivity index (χ1) is 8.00. The quantitative estimate of drug-likeness (QED) is 0.811. The van der Waals surface area contributed by atoms with Gasteiger partial charge in [-0.15, -0.1) is 10.2 Å². The molecule has 1 aromatic heterocycles. The fraction of sp³-hybridized carbons (Fsp3) is 0.273. The van der Waals surface area contributed by atoms with Gasteiger partial charge >= 0.3 is 0 Å². The Labute approximate surface area is 118 Å². The Morgan fingerprint density at radius 2 is 1.94 bits per heavy atom. The number of nitrogens with zero attached hydrogens (tertiary/aromatic N) is 3. The Hall–Kier alpha value is -0.580. The molecule has 0 spiro atoms. The fourth-order valence-corrected chi connectivity index (χ4v) is 2.51. The fourth-order valence-electron chi connectivity index (χ4n) is 1.54. The molecule has 0 atom stereocenters. The topological polar surface area (TPSA) is 30.7 Å². The van der Waals surface area contributed by atoms with E-state index >= 15 is 0 Å². The SMILES string of the molecule is CC(C)c1nnc(Cl)n1-c1ccc(Br)cc1Cl. The van der Waals surface area contributed by atoms with E-state index in [1.807, 2.05) is 32.0 Å². The predicted octanol–water partition coefficient (Wildman–Crippen LogP) is 4.46. The summed E-state index contributed by atoms with van der Waals surface area (Å²) in [5.74, 6) is 1.01. The second kappa shape index (κ2) is 4.96. The van der Waals surface area contributed by atoms with E-state index in [-0.39, 0.29) is 5.92 Å². The molecule has 0 amide bonds. The van der Waals surface area contributed by atoms with Gasteiger partial charge in [0, 0.05) is 10.4 Å². The molecule has 0 saturated heterocycles. The molecule has 90 valence electrons. The van der Waals surface area contributed by atoms with Crippen LogP contribution in [0.2, 0.25) is 10.3 Å². The van der Waals surface area contributed by atoms with Crippen LogP contribution in [0.4, 0.5) is 0 Å². The average Bonchev–Trinajstić information content (AvgIpc) is 2.60. The van der Waals surface area contributed by atoms with Gasteiger partial charge in [-0.3, -0.25) is 4.57 Å². The van der Waals surface area contributed by atoms with Crippen LogP contribution in [0.5, 0.6) is 0 Å². The van der Waals surface area contributed by atoms with Crippen LogP contribution >= 0.6 is 39.1 Å². The Kier molecular flexibility index (Phi) is 3.76. The number of hydrogen-bond donors (Lipinski definition) is 0. The molecule has 1 aromatic carbocycles. The van der Waals surface area contributed by atoms with Crippen LogP contribution in [-0.4, -0.2) is 14.8 Å². The molecular formula is C11H10BrCl2N3. The first kappa shape index (κ1) is 12.9. The van der Waals surface area contributed by atoms with Gasteiger partial charge in [-0.1, -0.05) is 41.4 Å². The third-order valence-electron chi connectivity index (χ3n) is 2.32. The molecule has 0 aliphatic heterocycles. The lowest BCUT2D eigenvalue weighted by atomic mass is 10.2. The van der Waals surface area contributed by atoms with Gasteiger partial charge in [0.25, 0.3) is 0 Å². The van der Waals surface area contributed by atoms with Gasteiger partial charge in [0.15, 0.2) is 0 Å². The first-order valence-corrected chi connectivity index (χ1v) is 6.62. The summed E-state index contributed by atoms with van der Waals surface area (Å²) in [4.78, 5) is 0. The van der Waals surface area contributed by atoms with Crippen molar-refractivity contribution >= 4 is 39.1 Å². The van der Waals surface area contributed by atoms with Crippen LogP contribution in [0.15, 0.2) is 22.7 Å². The van der Waals surface area contributed by atoms with E-state index in [4.69, 9.17) is 23.2 Å².